The van der Waals surface area contributed by atoms with Crippen LogP contribution in [0.4, 0.5) is 5.13 Å². The van der Waals surface area contributed by atoms with Crippen molar-refractivity contribution in [1.29, 1.82) is 0 Å². The van der Waals surface area contributed by atoms with Crippen LogP contribution in [0.15, 0.2) is 83.0 Å². The van der Waals surface area contributed by atoms with Gasteiger partial charge in [-0.2, -0.15) is 0 Å². The molecule has 1 amide bonds. The van der Waals surface area contributed by atoms with Crippen LogP contribution < -0.4 is 9.64 Å². The summed E-state index contributed by atoms with van der Waals surface area (Å²) in [5, 5.41) is 20.7. The number of rotatable bonds is 12. The Kier molecular flexibility index (Phi) is 9.89. The molecule has 2 aromatic carbocycles. The summed E-state index contributed by atoms with van der Waals surface area (Å²) in [4.78, 5) is 32.2. The van der Waals surface area contributed by atoms with Crippen molar-refractivity contribution in [3.8, 4) is 5.75 Å². The van der Waals surface area contributed by atoms with E-state index < -0.39 is 17.7 Å². The maximum absolute atomic E-state index is 13.5. The topological polar surface area (TPSA) is 106 Å². The molecule has 0 aliphatic carbocycles. The van der Waals surface area contributed by atoms with Crippen LogP contribution in [0.5, 0.6) is 5.75 Å². The minimum Gasteiger partial charge on any atom is -0.507 e. The number of nitrogens with zero attached hydrogens (tertiary/aromatic N) is 4. The average molecular weight is 621 g/mol. The molecule has 2 aromatic heterocycles. The standard InChI is InChI=1S/C31H29ClN4O4S2/c1-2-3-4-7-18-40-23-12-10-20(11-13-23)26-25(27(37)21-14-16-33-17-15-21)28(38)29(39)36(26)30-34-35-31(42-30)41-19-22-8-5-6-9-24(22)32/h5-6,8-17,26,37H,2-4,7,18-19H2,1H3/b27-25+. The van der Waals surface area contributed by atoms with Crippen LogP contribution in [-0.4, -0.2) is 38.6 Å². The molecule has 1 atom stereocenters. The molecule has 0 saturated carbocycles. The summed E-state index contributed by atoms with van der Waals surface area (Å²) in [6, 6.07) is 17.0. The fraction of sp³-hybridized carbons (Fsp3) is 0.258. The number of hydrogen-bond donors (Lipinski definition) is 1. The number of Topliss-reactive ketones (excluding diaryl/α,β-unsaturated/α-hetero) is 1. The van der Waals surface area contributed by atoms with Crippen LogP contribution >= 0.6 is 34.7 Å². The third-order valence-corrected chi connectivity index (χ3v) is 9.24. The first-order valence-corrected chi connectivity index (χ1v) is 15.8. The van der Waals surface area contributed by atoms with E-state index in [1.165, 1.54) is 46.8 Å². The summed E-state index contributed by atoms with van der Waals surface area (Å²) in [6.45, 7) is 2.78. The second-order valence-corrected chi connectivity index (χ2v) is 12.2. The van der Waals surface area contributed by atoms with Crippen molar-refractivity contribution in [2.75, 3.05) is 11.5 Å². The quantitative estimate of drug-likeness (QED) is 0.0434. The number of thioether (sulfide) groups is 1. The Morgan fingerprint density at radius 1 is 1.02 bits per heavy atom. The number of carbonyl (C=O) groups excluding carboxylic acids is 2. The molecule has 5 rings (SSSR count). The Hall–Kier alpha value is -3.73. The summed E-state index contributed by atoms with van der Waals surface area (Å²) >= 11 is 8.94. The molecule has 0 bridgehead atoms. The number of anilines is 1. The Balaban J connectivity index is 1.45. The predicted octanol–water partition coefficient (Wildman–Crippen LogP) is 7.46. The van der Waals surface area contributed by atoms with Crippen molar-refractivity contribution < 1.29 is 19.4 Å². The SMILES string of the molecule is CCCCCCOc1ccc(C2/C(=C(\O)c3ccncc3)C(=O)C(=O)N2c2nnc(SCc3ccccc3Cl)s2)cc1. The van der Waals surface area contributed by atoms with E-state index in [0.717, 1.165) is 24.8 Å². The number of pyridine rings is 1. The summed E-state index contributed by atoms with van der Waals surface area (Å²) in [5.41, 5.74) is 1.93. The molecule has 1 saturated heterocycles. The molecule has 1 unspecified atom stereocenters. The van der Waals surface area contributed by atoms with Crippen LogP contribution in [-0.2, 0) is 15.3 Å². The molecule has 216 valence electrons. The molecule has 0 radical (unpaired) electrons. The van der Waals surface area contributed by atoms with Gasteiger partial charge in [0.1, 0.15) is 11.5 Å². The van der Waals surface area contributed by atoms with Crippen LogP contribution in [0.1, 0.15) is 55.3 Å². The molecule has 11 heteroatoms. The van der Waals surface area contributed by atoms with Gasteiger partial charge in [0.05, 0.1) is 18.2 Å². The first-order valence-electron chi connectivity index (χ1n) is 13.6. The average Bonchev–Trinajstić information content (AvgIpc) is 3.58. The Morgan fingerprint density at radius 3 is 2.52 bits per heavy atom. The number of ether oxygens (including phenoxy) is 1. The maximum Gasteiger partial charge on any atom is 0.301 e. The fourth-order valence-corrected chi connectivity index (χ4v) is 6.74. The van der Waals surface area contributed by atoms with Crippen LogP contribution in [0.2, 0.25) is 5.02 Å². The second kappa shape index (κ2) is 14.0. The van der Waals surface area contributed by atoms with Gasteiger partial charge in [-0.25, -0.2) is 0 Å². The maximum atomic E-state index is 13.5. The predicted molar refractivity (Wildman–Crippen MR) is 166 cm³/mol. The summed E-state index contributed by atoms with van der Waals surface area (Å²) in [5.74, 6) is -0.608. The number of ketones is 1. The number of carbonyl (C=O) groups is 2. The van der Waals surface area contributed by atoms with Gasteiger partial charge in [0.25, 0.3) is 5.78 Å². The molecular formula is C31H29ClN4O4S2. The number of hydrogen-bond acceptors (Lipinski definition) is 9. The van der Waals surface area contributed by atoms with Gasteiger partial charge >= 0.3 is 5.91 Å². The highest BCUT2D eigenvalue weighted by molar-refractivity contribution is 8.00. The number of unbranched alkanes of at least 4 members (excludes halogenated alkanes) is 3. The van der Waals surface area contributed by atoms with E-state index >= 15 is 0 Å². The zero-order valence-corrected chi connectivity index (χ0v) is 25.3. The third-order valence-electron chi connectivity index (χ3n) is 6.77. The van der Waals surface area contributed by atoms with Gasteiger partial charge in [-0.1, -0.05) is 91.2 Å². The van der Waals surface area contributed by atoms with E-state index in [-0.39, 0.29) is 16.5 Å². The minimum absolute atomic E-state index is 0.0279. The van der Waals surface area contributed by atoms with Crippen molar-refractivity contribution in [3.63, 3.8) is 0 Å². The minimum atomic E-state index is -0.911. The van der Waals surface area contributed by atoms with E-state index in [1.807, 2.05) is 36.4 Å². The lowest BCUT2D eigenvalue weighted by atomic mass is 9.95. The highest BCUT2D eigenvalue weighted by Gasteiger charge is 2.48. The van der Waals surface area contributed by atoms with Crippen LogP contribution in [0.25, 0.3) is 5.76 Å². The van der Waals surface area contributed by atoms with Gasteiger partial charge < -0.3 is 9.84 Å². The Morgan fingerprint density at radius 2 is 1.79 bits per heavy atom. The number of amides is 1. The first kappa shape index (κ1) is 29.8. The zero-order chi connectivity index (χ0) is 29.5. The normalized spacial score (nSPS) is 16.2. The van der Waals surface area contributed by atoms with E-state index in [4.69, 9.17) is 16.3 Å². The number of aliphatic hydroxyl groups is 1. The monoisotopic (exact) mass is 620 g/mol. The Bertz CT molecular complexity index is 1580. The van der Waals surface area contributed by atoms with Gasteiger partial charge in [0, 0.05) is 28.7 Å². The van der Waals surface area contributed by atoms with Gasteiger partial charge in [0.15, 0.2) is 4.34 Å². The lowest BCUT2D eigenvalue weighted by Gasteiger charge is -2.22. The van der Waals surface area contributed by atoms with Gasteiger partial charge in [-0.05, 0) is 47.9 Å². The second-order valence-electron chi connectivity index (χ2n) is 9.61. The molecule has 8 nitrogen and oxygen atoms in total. The number of benzene rings is 2. The van der Waals surface area contributed by atoms with Crippen molar-refractivity contribution in [2.45, 2.75) is 48.7 Å². The Labute approximate surface area is 257 Å². The summed E-state index contributed by atoms with van der Waals surface area (Å²) < 4.78 is 6.51. The molecule has 3 heterocycles. The third kappa shape index (κ3) is 6.67. The van der Waals surface area contributed by atoms with Crippen molar-refractivity contribution in [1.82, 2.24) is 15.2 Å². The van der Waals surface area contributed by atoms with E-state index in [1.54, 1.807) is 24.3 Å². The largest absolute Gasteiger partial charge is 0.507 e. The molecule has 4 aromatic rings. The van der Waals surface area contributed by atoms with Gasteiger partial charge in [-0.15, -0.1) is 10.2 Å². The highest BCUT2D eigenvalue weighted by Crippen LogP contribution is 2.44. The van der Waals surface area contributed by atoms with E-state index in [0.29, 0.717) is 38.6 Å². The summed E-state index contributed by atoms with van der Waals surface area (Å²) in [6.07, 6.45) is 7.43. The fourth-order valence-electron chi connectivity index (χ4n) is 4.59. The molecule has 0 spiro atoms. The van der Waals surface area contributed by atoms with Gasteiger partial charge in [-0.3, -0.25) is 19.5 Å². The summed E-state index contributed by atoms with van der Waals surface area (Å²) in [7, 11) is 0. The number of halogens is 1. The van der Waals surface area contributed by atoms with Crippen molar-refractivity contribution in [3.05, 3.63) is 100 Å². The lowest BCUT2D eigenvalue weighted by molar-refractivity contribution is -0.132. The van der Waals surface area contributed by atoms with E-state index in [2.05, 4.69) is 22.1 Å². The molecule has 1 fully saturated rings. The van der Waals surface area contributed by atoms with Crippen LogP contribution in [0.3, 0.4) is 0 Å². The van der Waals surface area contributed by atoms with Crippen molar-refractivity contribution in [2.24, 2.45) is 0 Å². The molecule has 1 N–H and O–H groups in total. The first-order chi connectivity index (χ1) is 20.5. The zero-order valence-electron chi connectivity index (χ0n) is 22.9. The molecular weight excluding hydrogens is 592 g/mol. The van der Waals surface area contributed by atoms with Crippen molar-refractivity contribution >= 4 is 57.3 Å². The van der Waals surface area contributed by atoms with E-state index in [9.17, 15) is 14.7 Å². The smallest absolute Gasteiger partial charge is 0.301 e. The van der Waals surface area contributed by atoms with Gasteiger partial charge in [0.2, 0.25) is 5.13 Å². The molecule has 1 aliphatic heterocycles. The van der Waals surface area contributed by atoms with Crippen LogP contribution in [0, 0.1) is 0 Å². The molecule has 1 aliphatic rings. The number of aromatic nitrogens is 3. The molecule has 42 heavy (non-hydrogen) atoms. The lowest BCUT2D eigenvalue weighted by Crippen LogP contribution is -2.29. The highest BCUT2D eigenvalue weighted by atomic mass is 35.5. The number of aliphatic hydroxyl groups excluding tert-OH is 1.